The average molecular weight is 257 g/mol. The number of nitrogens with two attached hydrogens (primary N) is 1. The first-order valence-corrected chi connectivity index (χ1v) is 5.86. The summed E-state index contributed by atoms with van der Waals surface area (Å²) < 4.78 is 5.61. The highest BCUT2D eigenvalue weighted by atomic mass is 35.5. The number of halogens is 1. The Morgan fingerprint density at radius 3 is 2.88 bits per heavy atom. The van der Waals surface area contributed by atoms with Crippen molar-refractivity contribution in [2.45, 2.75) is 26.2 Å². The van der Waals surface area contributed by atoms with Gasteiger partial charge in [-0.25, -0.2) is 0 Å². The molecule has 1 rings (SSSR count). The van der Waals surface area contributed by atoms with Gasteiger partial charge < -0.3 is 15.7 Å². The fraction of sp³-hybridized carbons (Fsp3) is 0.417. The summed E-state index contributed by atoms with van der Waals surface area (Å²) in [7, 11) is 0. The summed E-state index contributed by atoms with van der Waals surface area (Å²) in [6, 6.07) is 5.54. The maximum atomic E-state index is 8.35. The summed E-state index contributed by atoms with van der Waals surface area (Å²) in [5.41, 5.74) is 6.37. The molecular formula is C12H17ClN2O2. The van der Waals surface area contributed by atoms with Crippen LogP contribution in [-0.2, 0) is 0 Å². The van der Waals surface area contributed by atoms with Crippen molar-refractivity contribution in [1.29, 1.82) is 0 Å². The zero-order chi connectivity index (χ0) is 12.7. The van der Waals surface area contributed by atoms with Gasteiger partial charge in [0, 0.05) is 11.4 Å². The Morgan fingerprint density at radius 2 is 2.24 bits per heavy atom. The Morgan fingerprint density at radius 1 is 1.47 bits per heavy atom. The van der Waals surface area contributed by atoms with Crippen LogP contribution in [0.2, 0.25) is 5.02 Å². The van der Waals surface area contributed by atoms with Gasteiger partial charge in [0.1, 0.15) is 11.6 Å². The van der Waals surface area contributed by atoms with E-state index < -0.39 is 0 Å². The maximum absolute atomic E-state index is 8.35. The normalized spacial score (nSPS) is 11.5. The van der Waals surface area contributed by atoms with Crippen molar-refractivity contribution in [3.05, 3.63) is 28.8 Å². The molecule has 17 heavy (non-hydrogen) atoms. The predicted octanol–water partition coefficient (Wildman–Crippen LogP) is 2.94. The predicted molar refractivity (Wildman–Crippen MR) is 68.9 cm³/mol. The minimum atomic E-state index is 0.257. The maximum Gasteiger partial charge on any atom is 0.139 e. The number of aryl methyl sites for hydroxylation is 1. The minimum absolute atomic E-state index is 0.257. The molecule has 5 heteroatoms. The van der Waals surface area contributed by atoms with Crippen LogP contribution in [0.3, 0.4) is 0 Å². The molecule has 3 N–H and O–H groups in total. The number of nitrogens with zero attached hydrogens (tertiary/aromatic N) is 1. The van der Waals surface area contributed by atoms with Crippen LogP contribution >= 0.6 is 11.6 Å². The van der Waals surface area contributed by atoms with Crippen molar-refractivity contribution in [2.24, 2.45) is 10.9 Å². The highest BCUT2D eigenvalue weighted by molar-refractivity contribution is 6.30. The molecule has 0 spiro atoms. The molecule has 0 unspecified atom stereocenters. The topological polar surface area (TPSA) is 67.8 Å². The van der Waals surface area contributed by atoms with E-state index in [0.717, 1.165) is 24.2 Å². The third kappa shape index (κ3) is 4.95. The summed E-state index contributed by atoms with van der Waals surface area (Å²) in [6.07, 6.45) is 2.28. The van der Waals surface area contributed by atoms with Gasteiger partial charge in [0.15, 0.2) is 0 Å². The fourth-order valence-corrected chi connectivity index (χ4v) is 1.64. The molecule has 0 aliphatic heterocycles. The van der Waals surface area contributed by atoms with Gasteiger partial charge in [-0.1, -0.05) is 16.8 Å². The first kappa shape index (κ1) is 13.6. The summed E-state index contributed by atoms with van der Waals surface area (Å²) in [4.78, 5) is 0. The van der Waals surface area contributed by atoms with E-state index in [2.05, 4.69) is 5.16 Å². The summed E-state index contributed by atoms with van der Waals surface area (Å²) >= 11 is 5.85. The van der Waals surface area contributed by atoms with E-state index in [1.807, 2.05) is 19.1 Å². The van der Waals surface area contributed by atoms with Crippen LogP contribution in [-0.4, -0.2) is 17.6 Å². The number of unbranched alkanes of at least 4 members (excludes halogenated alkanes) is 1. The van der Waals surface area contributed by atoms with Crippen molar-refractivity contribution >= 4 is 17.4 Å². The average Bonchev–Trinajstić information content (AvgIpc) is 2.30. The van der Waals surface area contributed by atoms with Crippen LogP contribution in [0.25, 0.3) is 0 Å². The molecule has 94 valence electrons. The van der Waals surface area contributed by atoms with E-state index in [4.69, 9.17) is 27.3 Å². The standard InChI is InChI=1S/C12H17ClN2O2/c1-9-8-10(13)5-6-11(9)17-7-3-2-4-12(14)15-16/h5-6,8,16H,2-4,7H2,1H3,(H2,14,15). The zero-order valence-electron chi connectivity index (χ0n) is 9.82. The Balaban J connectivity index is 2.27. The third-order valence-corrected chi connectivity index (χ3v) is 2.59. The van der Waals surface area contributed by atoms with Gasteiger partial charge in [-0.15, -0.1) is 0 Å². The van der Waals surface area contributed by atoms with Crippen LogP contribution in [0.15, 0.2) is 23.4 Å². The highest BCUT2D eigenvalue weighted by Gasteiger charge is 2.00. The van der Waals surface area contributed by atoms with E-state index in [1.165, 1.54) is 0 Å². The van der Waals surface area contributed by atoms with Crippen LogP contribution in [0.4, 0.5) is 0 Å². The second kappa shape index (κ2) is 7.01. The molecule has 0 amide bonds. The third-order valence-electron chi connectivity index (χ3n) is 2.35. The van der Waals surface area contributed by atoms with Gasteiger partial charge in [0.05, 0.1) is 6.61 Å². The molecule has 0 bridgehead atoms. The number of oxime groups is 1. The molecule has 0 aliphatic rings. The van der Waals surface area contributed by atoms with E-state index in [1.54, 1.807) is 6.07 Å². The number of amidine groups is 1. The van der Waals surface area contributed by atoms with Crippen molar-refractivity contribution in [3.63, 3.8) is 0 Å². The van der Waals surface area contributed by atoms with E-state index in [0.29, 0.717) is 18.1 Å². The molecule has 0 radical (unpaired) electrons. The number of rotatable bonds is 6. The molecule has 1 aromatic carbocycles. The molecule has 0 atom stereocenters. The zero-order valence-corrected chi connectivity index (χ0v) is 10.6. The Kier molecular flexibility index (Phi) is 5.63. The number of benzene rings is 1. The van der Waals surface area contributed by atoms with Crippen molar-refractivity contribution in [1.82, 2.24) is 0 Å². The summed E-state index contributed by atoms with van der Waals surface area (Å²) in [5.74, 6) is 1.10. The van der Waals surface area contributed by atoms with Gasteiger partial charge >= 0.3 is 0 Å². The number of hydrogen-bond donors (Lipinski definition) is 2. The highest BCUT2D eigenvalue weighted by Crippen LogP contribution is 2.21. The van der Waals surface area contributed by atoms with Crippen molar-refractivity contribution in [3.8, 4) is 5.75 Å². The SMILES string of the molecule is Cc1cc(Cl)ccc1OCCCCC(N)=NO. The van der Waals surface area contributed by atoms with E-state index in [9.17, 15) is 0 Å². The smallest absolute Gasteiger partial charge is 0.139 e. The molecule has 0 aromatic heterocycles. The monoisotopic (exact) mass is 256 g/mol. The Labute approximate surface area is 106 Å². The molecule has 0 saturated carbocycles. The van der Waals surface area contributed by atoms with Crippen molar-refractivity contribution in [2.75, 3.05) is 6.61 Å². The molecule has 0 heterocycles. The van der Waals surface area contributed by atoms with Crippen LogP contribution < -0.4 is 10.5 Å². The van der Waals surface area contributed by atoms with Gasteiger partial charge in [0.25, 0.3) is 0 Å². The minimum Gasteiger partial charge on any atom is -0.493 e. The fourth-order valence-electron chi connectivity index (χ4n) is 1.42. The lowest BCUT2D eigenvalue weighted by Crippen LogP contribution is -2.11. The van der Waals surface area contributed by atoms with Crippen LogP contribution in [0.1, 0.15) is 24.8 Å². The second-order valence-electron chi connectivity index (χ2n) is 3.81. The van der Waals surface area contributed by atoms with Gasteiger partial charge in [-0.2, -0.15) is 0 Å². The van der Waals surface area contributed by atoms with E-state index in [-0.39, 0.29) is 5.84 Å². The lowest BCUT2D eigenvalue weighted by atomic mass is 10.2. The largest absolute Gasteiger partial charge is 0.493 e. The number of hydrogen-bond acceptors (Lipinski definition) is 3. The molecule has 0 fully saturated rings. The molecule has 0 saturated heterocycles. The number of ether oxygens (including phenoxy) is 1. The first-order valence-electron chi connectivity index (χ1n) is 5.49. The molecular weight excluding hydrogens is 240 g/mol. The van der Waals surface area contributed by atoms with E-state index >= 15 is 0 Å². The van der Waals surface area contributed by atoms with Gasteiger partial charge in [-0.05, 0) is 43.5 Å². The molecule has 0 aliphatic carbocycles. The quantitative estimate of drug-likeness (QED) is 0.270. The Bertz CT molecular complexity index is 394. The summed E-state index contributed by atoms with van der Waals surface area (Å²) in [6.45, 7) is 2.57. The Hall–Kier alpha value is -1.42. The second-order valence-corrected chi connectivity index (χ2v) is 4.24. The first-order chi connectivity index (χ1) is 8.13. The lowest BCUT2D eigenvalue weighted by molar-refractivity contribution is 0.303. The van der Waals surface area contributed by atoms with Crippen LogP contribution in [0.5, 0.6) is 5.75 Å². The van der Waals surface area contributed by atoms with Gasteiger partial charge in [0.2, 0.25) is 0 Å². The molecule has 1 aromatic rings. The summed E-state index contributed by atoms with van der Waals surface area (Å²) in [5, 5.41) is 12.0. The van der Waals surface area contributed by atoms with Gasteiger partial charge in [-0.3, -0.25) is 0 Å². The van der Waals surface area contributed by atoms with Crippen LogP contribution in [0, 0.1) is 6.92 Å². The molecule has 4 nitrogen and oxygen atoms in total. The lowest BCUT2D eigenvalue weighted by Gasteiger charge is -2.08. The van der Waals surface area contributed by atoms with Crippen molar-refractivity contribution < 1.29 is 9.94 Å².